The van der Waals surface area contributed by atoms with E-state index in [2.05, 4.69) is 34.3 Å². The minimum atomic E-state index is -0.359. The summed E-state index contributed by atoms with van der Waals surface area (Å²) in [5.74, 6) is 1.79. The molecule has 2 aromatic carbocycles. The molecule has 1 atom stereocenters. The average molecular weight is 416 g/mol. The normalized spacial score (nSPS) is 18.6. The van der Waals surface area contributed by atoms with Crippen LogP contribution in [0.1, 0.15) is 24.6 Å². The van der Waals surface area contributed by atoms with Crippen LogP contribution in [0.3, 0.4) is 0 Å². The molecule has 5 nitrogen and oxygen atoms in total. The molecule has 1 amide bonds. The molecular weight excluding hydrogens is 386 g/mol. The van der Waals surface area contributed by atoms with Gasteiger partial charge in [-0.25, -0.2) is 0 Å². The zero-order valence-electron chi connectivity index (χ0n) is 18.0. The molecule has 31 heavy (non-hydrogen) atoms. The van der Waals surface area contributed by atoms with Crippen molar-refractivity contribution in [1.29, 1.82) is 0 Å². The molecule has 5 heteroatoms. The third-order valence-corrected chi connectivity index (χ3v) is 5.78. The lowest BCUT2D eigenvalue weighted by Gasteiger charge is -2.24. The molecule has 0 aliphatic carbocycles. The number of carbonyl (C=O) groups is 1. The van der Waals surface area contributed by atoms with Gasteiger partial charge in [-0.3, -0.25) is 14.7 Å². The number of amides is 1. The molecule has 2 heterocycles. The first-order chi connectivity index (χ1) is 15.1. The molecule has 0 bridgehead atoms. The van der Waals surface area contributed by atoms with Crippen LogP contribution < -0.4 is 10.1 Å². The van der Waals surface area contributed by atoms with Crippen LogP contribution in [0.2, 0.25) is 0 Å². The number of aromatic nitrogens is 1. The number of hydrogen-bond acceptors (Lipinski definition) is 4. The number of hydrogen-bond donors (Lipinski definition) is 1. The van der Waals surface area contributed by atoms with Gasteiger partial charge in [-0.2, -0.15) is 0 Å². The molecular formula is C26H29N3O2. The van der Waals surface area contributed by atoms with E-state index in [-0.39, 0.29) is 11.3 Å². The Morgan fingerprint density at radius 2 is 1.87 bits per heavy atom. The van der Waals surface area contributed by atoms with Crippen LogP contribution in [0.4, 0.5) is 0 Å². The Kier molecular flexibility index (Phi) is 6.63. The van der Waals surface area contributed by atoms with Crippen LogP contribution in [-0.2, 0) is 17.8 Å². The van der Waals surface area contributed by atoms with Crippen molar-refractivity contribution in [3.63, 3.8) is 0 Å². The van der Waals surface area contributed by atoms with Crippen LogP contribution in [0.25, 0.3) is 0 Å². The third-order valence-electron chi connectivity index (χ3n) is 5.78. The molecule has 1 fully saturated rings. The Morgan fingerprint density at radius 3 is 2.68 bits per heavy atom. The largest absolute Gasteiger partial charge is 0.457 e. The van der Waals surface area contributed by atoms with Crippen LogP contribution in [0.5, 0.6) is 11.5 Å². The minimum Gasteiger partial charge on any atom is -0.457 e. The quantitative estimate of drug-likeness (QED) is 0.591. The fourth-order valence-electron chi connectivity index (χ4n) is 4.03. The highest BCUT2D eigenvalue weighted by atomic mass is 16.5. The minimum absolute atomic E-state index is 0.132. The topological polar surface area (TPSA) is 54.5 Å². The van der Waals surface area contributed by atoms with E-state index in [0.717, 1.165) is 49.7 Å². The van der Waals surface area contributed by atoms with Gasteiger partial charge in [0.25, 0.3) is 0 Å². The lowest BCUT2D eigenvalue weighted by Crippen LogP contribution is -2.41. The average Bonchev–Trinajstić information content (AvgIpc) is 3.17. The predicted octanol–water partition coefficient (Wildman–Crippen LogP) is 4.44. The molecule has 1 aliphatic heterocycles. The molecule has 3 aromatic rings. The Morgan fingerprint density at radius 1 is 1.06 bits per heavy atom. The van der Waals surface area contributed by atoms with Crippen LogP contribution in [0, 0.1) is 5.41 Å². The van der Waals surface area contributed by atoms with Gasteiger partial charge in [0.2, 0.25) is 5.91 Å². The van der Waals surface area contributed by atoms with Crippen LogP contribution in [-0.4, -0.2) is 35.4 Å². The van der Waals surface area contributed by atoms with E-state index in [0.29, 0.717) is 6.54 Å². The SMILES string of the molecule is CC1(C(=O)NCCc2ccccn2)CCN(Cc2cccc(Oc3ccccc3)c2)C1. The maximum atomic E-state index is 12.8. The highest BCUT2D eigenvalue weighted by Crippen LogP contribution is 2.31. The molecule has 1 aromatic heterocycles. The second-order valence-corrected chi connectivity index (χ2v) is 8.41. The lowest BCUT2D eigenvalue weighted by atomic mass is 9.88. The van der Waals surface area contributed by atoms with Crippen molar-refractivity contribution >= 4 is 5.91 Å². The first-order valence-corrected chi connectivity index (χ1v) is 10.8. The lowest BCUT2D eigenvalue weighted by molar-refractivity contribution is -0.129. The molecule has 0 saturated carbocycles. The number of carbonyl (C=O) groups excluding carboxylic acids is 1. The number of pyridine rings is 1. The standard InChI is InChI=1S/C26H29N3O2/c1-26(25(30)28-16-13-22-9-5-6-15-27-22)14-17-29(20-26)19-21-8-7-12-24(18-21)31-23-10-3-2-4-11-23/h2-12,15,18H,13-14,16-17,19-20H2,1H3,(H,28,30). The Bertz CT molecular complexity index is 994. The smallest absolute Gasteiger partial charge is 0.227 e. The van der Waals surface area contributed by atoms with Gasteiger partial charge in [-0.05, 0) is 61.9 Å². The first kappa shape index (κ1) is 21.1. The maximum Gasteiger partial charge on any atom is 0.227 e. The summed E-state index contributed by atoms with van der Waals surface area (Å²) in [5, 5.41) is 3.11. The van der Waals surface area contributed by atoms with Crippen molar-refractivity contribution < 1.29 is 9.53 Å². The molecule has 1 unspecified atom stereocenters. The molecule has 0 spiro atoms. The van der Waals surface area contributed by atoms with Gasteiger partial charge in [0, 0.05) is 37.9 Å². The maximum absolute atomic E-state index is 12.8. The van der Waals surface area contributed by atoms with Gasteiger partial charge in [0.05, 0.1) is 5.41 Å². The Balaban J connectivity index is 1.29. The van der Waals surface area contributed by atoms with Crippen molar-refractivity contribution in [3.05, 3.63) is 90.3 Å². The monoisotopic (exact) mass is 415 g/mol. The number of rotatable bonds is 8. The van der Waals surface area contributed by atoms with Crippen molar-refractivity contribution in [3.8, 4) is 11.5 Å². The molecule has 1 aliphatic rings. The van der Waals surface area contributed by atoms with E-state index >= 15 is 0 Å². The van der Waals surface area contributed by atoms with Gasteiger partial charge in [-0.1, -0.05) is 36.4 Å². The zero-order valence-corrected chi connectivity index (χ0v) is 18.0. The Labute approximate surface area is 184 Å². The summed E-state index contributed by atoms with van der Waals surface area (Å²) < 4.78 is 5.96. The number of ether oxygens (including phenoxy) is 1. The Hall–Kier alpha value is -3.18. The number of benzene rings is 2. The second-order valence-electron chi connectivity index (χ2n) is 8.41. The van der Waals surface area contributed by atoms with E-state index < -0.39 is 0 Å². The number of nitrogens with zero attached hydrogens (tertiary/aromatic N) is 2. The molecule has 1 saturated heterocycles. The summed E-state index contributed by atoms with van der Waals surface area (Å²) in [6.07, 6.45) is 3.40. The van der Waals surface area contributed by atoms with Gasteiger partial charge in [-0.15, -0.1) is 0 Å². The van der Waals surface area contributed by atoms with Crippen LogP contribution in [0.15, 0.2) is 79.0 Å². The van der Waals surface area contributed by atoms with E-state index in [1.165, 1.54) is 5.56 Å². The fraction of sp³-hybridized carbons (Fsp3) is 0.308. The molecule has 4 rings (SSSR count). The highest BCUT2D eigenvalue weighted by Gasteiger charge is 2.39. The number of para-hydroxylation sites is 1. The van der Waals surface area contributed by atoms with E-state index in [1.54, 1.807) is 6.20 Å². The summed E-state index contributed by atoms with van der Waals surface area (Å²) in [6, 6.07) is 23.8. The van der Waals surface area contributed by atoms with Gasteiger partial charge < -0.3 is 10.1 Å². The van der Waals surface area contributed by atoms with Crippen molar-refractivity contribution in [2.24, 2.45) is 5.41 Å². The summed E-state index contributed by atoms with van der Waals surface area (Å²) >= 11 is 0. The highest BCUT2D eigenvalue weighted by molar-refractivity contribution is 5.82. The summed E-state index contributed by atoms with van der Waals surface area (Å²) in [6.45, 7) is 5.16. The second kappa shape index (κ2) is 9.75. The van der Waals surface area contributed by atoms with E-state index in [1.807, 2.05) is 60.7 Å². The summed E-state index contributed by atoms with van der Waals surface area (Å²) in [7, 11) is 0. The first-order valence-electron chi connectivity index (χ1n) is 10.8. The van der Waals surface area contributed by atoms with E-state index in [9.17, 15) is 4.79 Å². The van der Waals surface area contributed by atoms with Gasteiger partial charge in [0.1, 0.15) is 11.5 Å². The third kappa shape index (κ3) is 5.70. The number of nitrogens with one attached hydrogen (secondary N) is 1. The van der Waals surface area contributed by atoms with Gasteiger partial charge >= 0.3 is 0 Å². The summed E-state index contributed by atoms with van der Waals surface area (Å²) in [4.78, 5) is 19.5. The van der Waals surface area contributed by atoms with E-state index in [4.69, 9.17) is 4.74 Å². The molecule has 160 valence electrons. The zero-order chi connectivity index (χ0) is 21.5. The predicted molar refractivity (Wildman–Crippen MR) is 122 cm³/mol. The fourth-order valence-corrected chi connectivity index (χ4v) is 4.03. The van der Waals surface area contributed by atoms with Crippen molar-refractivity contribution in [2.75, 3.05) is 19.6 Å². The van der Waals surface area contributed by atoms with Gasteiger partial charge in [0.15, 0.2) is 0 Å². The van der Waals surface area contributed by atoms with Crippen molar-refractivity contribution in [1.82, 2.24) is 15.2 Å². The van der Waals surface area contributed by atoms with Crippen molar-refractivity contribution in [2.45, 2.75) is 26.3 Å². The number of likely N-dealkylation sites (tertiary alicyclic amines) is 1. The summed E-state index contributed by atoms with van der Waals surface area (Å²) in [5.41, 5.74) is 1.83. The van der Waals surface area contributed by atoms with Crippen LogP contribution >= 0.6 is 0 Å². The molecule has 0 radical (unpaired) electrons. The molecule has 1 N–H and O–H groups in total.